The SMILES string of the molecule is CCCCCc1ccc2c(OC(C)CC(=O)OCC)c3ccccc3c(OC(C)CC(=O)OCC)c2c1. The minimum Gasteiger partial charge on any atom is -0.489 e. The number of fused-ring (bicyclic) bond motifs is 2. The van der Waals surface area contributed by atoms with Gasteiger partial charge in [0.15, 0.2) is 0 Å². The van der Waals surface area contributed by atoms with Gasteiger partial charge in [0.25, 0.3) is 0 Å². The molecule has 200 valence electrons. The van der Waals surface area contributed by atoms with Crippen LogP contribution in [0.3, 0.4) is 0 Å². The molecule has 0 radical (unpaired) electrons. The molecule has 0 amide bonds. The minimum absolute atomic E-state index is 0.160. The van der Waals surface area contributed by atoms with Gasteiger partial charge in [0.2, 0.25) is 0 Å². The Bertz CT molecular complexity index is 1200. The number of carbonyl (C=O) groups excluding carboxylic acids is 2. The van der Waals surface area contributed by atoms with Crippen LogP contribution in [-0.2, 0) is 25.5 Å². The number of rotatable bonds is 14. The number of benzene rings is 3. The number of carbonyl (C=O) groups is 2. The van der Waals surface area contributed by atoms with Gasteiger partial charge in [-0.25, -0.2) is 0 Å². The third-order valence-corrected chi connectivity index (χ3v) is 6.22. The van der Waals surface area contributed by atoms with Gasteiger partial charge < -0.3 is 18.9 Å². The highest BCUT2D eigenvalue weighted by atomic mass is 16.5. The minimum atomic E-state index is -0.371. The van der Waals surface area contributed by atoms with Crippen molar-refractivity contribution in [1.29, 1.82) is 0 Å². The fraction of sp³-hybridized carbons (Fsp3) is 0.484. The third kappa shape index (κ3) is 7.61. The first-order valence-electron chi connectivity index (χ1n) is 13.5. The zero-order valence-electron chi connectivity index (χ0n) is 22.8. The van der Waals surface area contributed by atoms with Crippen LogP contribution in [-0.4, -0.2) is 37.4 Å². The molecule has 0 bridgehead atoms. The van der Waals surface area contributed by atoms with Crippen molar-refractivity contribution in [3.05, 3.63) is 48.0 Å². The Labute approximate surface area is 220 Å². The van der Waals surface area contributed by atoms with Gasteiger partial charge in [-0.1, -0.05) is 56.2 Å². The second-order valence-corrected chi connectivity index (χ2v) is 9.42. The molecule has 2 atom stereocenters. The Kier molecular flexibility index (Phi) is 10.6. The van der Waals surface area contributed by atoms with E-state index in [2.05, 4.69) is 25.1 Å². The fourth-order valence-electron chi connectivity index (χ4n) is 4.53. The standard InChI is InChI=1S/C31H40O6/c1-6-9-10-13-23-16-17-26-27(20-23)31(37-22(5)19-29(33)35-8-3)25-15-12-11-14-24(25)30(26)36-21(4)18-28(32)34-7-2/h11-12,14-17,20-22H,6-10,13,18-19H2,1-5H3. The van der Waals surface area contributed by atoms with Crippen LogP contribution in [0.2, 0.25) is 0 Å². The van der Waals surface area contributed by atoms with Gasteiger partial charge in [-0.3, -0.25) is 9.59 Å². The maximum Gasteiger partial charge on any atom is 0.309 e. The Balaban J connectivity index is 2.10. The van der Waals surface area contributed by atoms with Gasteiger partial charge in [0.05, 0.1) is 26.1 Å². The summed E-state index contributed by atoms with van der Waals surface area (Å²) in [6.45, 7) is 10.2. The lowest BCUT2D eigenvalue weighted by Crippen LogP contribution is -2.20. The molecule has 0 N–H and O–H groups in total. The lowest BCUT2D eigenvalue weighted by Gasteiger charge is -2.23. The van der Waals surface area contributed by atoms with Crippen LogP contribution in [0, 0.1) is 0 Å². The smallest absolute Gasteiger partial charge is 0.309 e. The summed E-state index contributed by atoms with van der Waals surface area (Å²) in [5.74, 6) is 0.879. The van der Waals surface area contributed by atoms with Crippen molar-refractivity contribution in [1.82, 2.24) is 0 Å². The van der Waals surface area contributed by atoms with Gasteiger partial charge in [-0.05, 0) is 52.2 Å². The van der Waals surface area contributed by atoms with Crippen LogP contribution in [0.1, 0.15) is 72.3 Å². The average molecular weight is 509 g/mol. The summed E-state index contributed by atoms with van der Waals surface area (Å²) in [5.41, 5.74) is 1.23. The van der Waals surface area contributed by atoms with Crippen LogP contribution in [0.5, 0.6) is 11.5 Å². The molecule has 3 rings (SSSR count). The fourth-order valence-corrected chi connectivity index (χ4v) is 4.53. The van der Waals surface area contributed by atoms with Crippen molar-refractivity contribution in [2.45, 2.75) is 85.4 Å². The Morgan fingerprint density at radius 3 is 1.73 bits per heavy atom. The highest BCUT2D eigenvalue weighted by Crippen LogP contribution is 2.44. The Morgan fingerprint density at radius 1 is 0.703 bits per heavy atom. The lowest BCUT2D eigenvalue weighted by molar-refractivity contribution is -0.145. The molecule has 0 fully saturated rings. The number of unbranched alkanes of at least 4 members (excludes halogenated alkanes) is 2. The first-order valence-corrected chi connectivity index (χ1v) is 13.5. The van der Waals surface area contributed by atoms with E-state index >= 15 is 0 Å². The summed E-state index contributed by atoms with van der Waals surface area (Å²) in [6, 6.07) is 14.3. The van der Waals surface area contributed by atoms with Crippen molar-refractivity contribution >= 4 is 33.5 Å². The Morgan fingerprint density at radius 2 is 1.22 bits per heavy atom. The third-order valence-electron chi connectivity index (χ3n) is 6.22. The second kappa shape index (κ2) is 13.9. The topological polar surface area (TPSA) is 71.1 Å². The van der Waals surface area contributed by atoms with Crippen LogP contribution >= 0.6 is 0 Å². The summed E-state index contributed by atoms with van der Waals surface area (Å²) in [7, 11) is 0. The molecule has 6 heteroatoms. The predicted molar refractivity (Wildman–Crippen MR) is 147 cm³/mol. The summed E-state index contributed by atoms with van der Waals surface area (Å²) in [4.78, 5) is 24.2. The molecular weight excluding hydrogens is 468 g/mol. The van der Waals surface area contributed by atoms with Gasteiger partial charge in [0, 0.05) is 21.5 Å². The van der Waals surface area contributed by atoms with Gasteiger partial charge >= 0.3 is 11.9 Å². The number of hydrogen-bond donors (Lipinski definition) is 0. The van der Waals surface area contributed by atoms with E-state index in [1.807, 2.05) is 38.1 Å². The molecule has 6 nitrogen and oxygen atoms in total. The molecule has 3 aromatic carbocycles. The lowest BCUT2D eigenvalue weighted by atomic mass is 9.97. The zero-order chi connectivity index (χ0) is 26.8. The molecule has 2 unspecified atom stereocenters. The average Bonchev–Trinajstić information content (AvgIpc) is 2.86. The van der Waals surface area contributed by atoms with E-state index < -0.39 is 0 Å². The van der Waals surface area contributed by atoms with Crippen molar-refractivity contribution in [2.24, 2.45) is 0 Å². The highest BCUT2D eigenvalue weighted by molar-refractivity contribution is 6.11. The molecule has 0 aliphatic carbocycles. The molecular formula is C31H40O6. The number of hydrogen-bond acceptors (Lipinski definition) is 6. The first-order chi connectivity index (χ1) is 17.9. The van der Waals surface area contributed by atoms with Gasteiger partial charge in [-0.15, -0.1) is 0 Å². The molecule has 0 saturated carbocycles. The Hall–Kier alpha value is -3.28. The number of esters is 2. The van der Waals surface area contributed by atoms with Crippen LogP contribution in [0.4, 0.5) is 0 Å². The quantitative estimate of drug-likeness (QED) is 0.131. The molecule has 0 aliphatic heterocycles. The van der Waals surface area contributed by atoms with E-state index in [1.165, 1.54) is 12.0 Å². The summed E-state index contributed by atoms with van der Waals surface area (Å²) in [6.07, 6.45) is 4.01. The molecule has 37 heavy (non-hydrogen) atoms. The largest absolute Gasteiger partial charge is 0.489 e. The van der Waals surface area contributed by atoms with Crippen LogP contribution in [0.15, 0.2) is 42.5 Å². The van der Waals surface area contributed by atoms with Crippen LogP contribution in [0.25, 0.3) is 21.5 Å². The molecule has 0 saturated heterocycles. The summed E-state index contributed by atoms with van der Waals surface area (Å²) in [5, 5.41) is 3.63. The first kappa shape index (κ1) is 28.3. The van der Waals surface area contributed by atoms with Crippen molar-refractivity contribution in [2.75, 3.05) is 13.2 Å². The van der Waals surface area contributed by atoms with Gasteiger partial charge in [-0.2, -0.15) is 0 Å². The maximum atomic E-state index is 12.1. The van der Waals surface area contributed by atoms with Crippen molar-refractivity contribution < 1.29 is 28.5 Å². The van der Waals surface area contributed by atoms with Crippen LogP contribution < -0.4 is 9.47 Å². The summed E-state index contributed by atoms with van der Waals surface area (Å²) < 4.78 is 23.1. The van der Waals surface area contributed by atoms with E-state index in [-0.39, 0.29) is 37.0 Å². The van der Waals surface area contributed by atoms with E-state index in [4.69, 9.17) is 18.9 Å². The molecule has 3 aromatic rings. The van der Waals surface area contributed by atoms with E-state index in [9.17, 15) is 9.59 Å². The van der Waals surface area contributed by atoms with Crippen molar-refractivity contribution in [3.8, 4) is 11.5 Å². The molecule has 0 aliphatic rings. The molecule has 0 aromatic heterocycles. The van der Waals surface area contributed by atoms with E-state index in [1.54, 1.807) is 13.8 Å². The zero-order valence-corrected chi connectivity index (χ0v) is 22.8. The monoisotopic (exact) mass is 508 g/mol. The predicted octanol–water partition coefficient (Wildman–Crippen LogP) is 7.17. The molecule has 0 spiro atoms. The number of ether oxygens (including phenoxy) is 4. The summed E-state index contributed by atoms with van der Waals surface area (Å²) >= 11 is 0. The van der Waals surface area contributed by atoms with E-state index in [0.717, 1.165) is 46.6 Å². The maximum absolute atomic E-state index is 12.1. The highest BCUT2D eigenvalue weighted by Gasteiger charge is 2.22. The van der Waals surface area contributed by atoms with Crippen molar-refractivity contribution in [3.63, 3.8) is 0 Å². The van der Waals surface area contributed by atoms with Gasteiger partial charge in [0.1, 0.15) is 23.7 Å². The normalized spacial score (nSPS) is 12.8. The number of aryl methyl sites for hydroxylation is 1. The van der Waals surface area contributed by atoms with E-state index in [0.29, 0.717) is 19.0 Å². The second-order valence-electron chi connectivity index (χ2n) is 9.42. The molecule has 0 heterocycles.